The number of para-hydroxylation sites is 2. The molecule has 2 heterocycles. The summed E-state index contributed by atoms with van der Waals surface area (Å²) in [6.45, 7) is 0.501. The van der Waals surface area contributed by atoms with Crippen molar-refractivity contribution in [2.75, 3.05) is 0 Å². The molecule has 5 aromatic rings. The van der Waals surface area contributed by atoms with E-state index in [4.69, 9.17) is 0 Å². The van der Waals surface area contributed by atoms with E-state index >= 15 is 0 Å². The average molecular weight is 379 g/mol. The Morgan fingerprint density at radius 2 is 1.24 bits per heavy atom. The van der Waals surface area contributed by atoms with Gasteiger partial charge in [0.05, 0.1) is 5.92 Å². The van der Waals surface area contributed by atoms with E-state index in [1.165, 1.54) is 0 Å². The smallest absolute Gasteiger partial charge is 0.232 e. The molecule has 0 saturated carbocycles. The molecular formula is C25H21N3O. The third-order valence-electron chi connectivity index (χ3n) is 5.44. The van der Waals surface area contributed by atoms with Crippen LogP contribution in [-0.2, 0) is 11.3 Å². The molecule has 0 fully saturated rings. The lowest BCUT2D eigenvalue weighted by Gasteiger charge is -2.17. The topological polar surface area (TPSA) is 60.7 Å². The van der Waals surface area contributed by atoms with Gasteiger partial charge in [0, 0.05) is 40.7 Å². The second-order valence-electron chi connectivity index (χ2n) is 7.22. The van der Waals surface area contributed by atoms with E-state index in [1.807, 2.05) is 79.1 Å². The summed E-state index contributed by atoms with van der Waals surface area (Å²) in [6, 6.07) is 26.2. The fourth-order valence-corrected chi connectivity index (χ4v) is 4.00. The maximum absolute atomic E-state index is 13.5. The number of hydrogen-bond acceptors (Lipinski definition) is 1. The molecule has 0 spiro atoms. The number of nitrogens with one attached hydrogen (secondary N) is 3. The molecule has 142 valence electrons. The molecule has 3 aromatic carbocycles. The van der Waals surface area contributed by atoms with Gasteiger partial charge >= 0.3 is 0 Å². The number of rotatable bonds is 5. The van der Waals surface area contributed by atoms with Crippen molar-refractivity contribution in [1.29, 1.82) is 0 Å². The number of hydrogen-bond donors (Lipinski definition) is 3. The summed E-state index contributed by atoms with van der Waals surface area (Å²) in [5.41, 5.74) is 5.11. The molecule has 5 rings (SSSR count). The zero-order valence-corrected chi connectivity index (χ0v) is 15.9. The van der Waals surface area contributed by atoms with Gasteiger partial charge in [0.1, 0.15) is 0 Å². The van der Waals surface area contributed by atoms with E-state index in [9.17, 15) is 4.79 Å². The second-order valence-corrected chi connectivity index (χ2v) is 7.22. The van der Waals surface area contributed by atoms with Crippen LogP contribution < -0.4 is 5.32 Å². The van der Waals surface area contributed by atoms with Gasteiger partial charge in [0.2, 0.25) is 5.91 Å². The summed E-state index contributed by atoms with van der Waals surface area (Å²) in [5.74, 6) is -0.422. The van der Waals surface area contributed by atoms with Gasteiger partial charge in [-0.3, -0.25) is 4.79 Å². The minimum atomic E-state index is -0.411. The first-order chi connectivity index (χ1) is 14.3. The summed E-state index contributed by atoms with van der Waals surface area (Å²) in [6.07, 6.45) is 3.92. The minimum absolute atomic E-state index is 0.0108. The van der Waals surface area contributed by atoms with Crippen LogP contribution in [0.1, 0.15) is 22.6 Å². The number of carbonyl (C=O) groups excluding carboxylic acids is 1. The van der Waals surface area contributed by atoms with E-state index in [2.05, 4.69) is 27.4 Å². The van der Waals surface area contributed by atoms with Gasteiger partial charge in [0.25, 0.3) is 0 Å². The van der Waals surface area contributed by atoms with Crippen LogP contribution in [0.2, 0.25) is 0 Å². The number of fused-ring (bicyclic) bond motifs is 2. The molecule has 3 N–H and O–H groups in total. The average Bonchev–Trinajstić information content (AvgIpc) is 3.39. The normalized spacial score (nSPS) is 11.3. The van der Waals surface area contributed by atoms with E-state index in [1.54, 1.807) is 0 Å². The molecule has 4 heteroatoms. The first-order valence-electron chi connectivity index (χ1n) is 9.75. The maximum atomic E-state index is 13.5. The summed E-state index contributed by atoms with van der Waals surface area (Å²) >= 11 is 0. The number of carbonyl (C=O) groups is 1. The van der Waals surface area contributed by atoms with Crippen LogP contribution in [-0.4, -0.2) is 15.9 Å². The summed E-state index contributed by atoms with van der Waals surface area (Å²) in [4.78, 5) is 20.1. The van der Waals surface area contributed by atoms with Crippen molar-refractivity contribution < 1.29 is 4.79 Å². The number of H-pyrrole nitrogens is 2. The first kappa shape index (κ1) is 17.3. The molecule has 0 saturated heterocycles. The van der Waals surface area contributed by atoms with Gasteiger partial charge in [-0.25, -0.2) is 0 Å². The highest BCUT2D eigenvalue weighted by Crippen LogP contribution is 2.35. The molecule has 29 heavy (non-hydrogen) atoms. The molecule has 0 radical (unpaired) electrons. The molecule has 0 bridgehead atoms. The number of aromatic nitrogens is 2. The summed E-state index contributed by atoms with van der Waals surface area (Å²) < 4.78 is 0. The molecular weight excluding hydrogens is 358 g/mol. The van der Waals surface area contributed by atoms with Crippen molar-refractivity contribution in [3.63, 3.8) is 0 Å². The van der Waals surface area contributed by atoms with E-state index in [0.29, 0.717) is 6.54 Å². The van der Waals surface area contributed by atoms with Crippen molar-refractivity contribution >= 4 is 27.7 Å². The Hall–Kier alpha value is -3.79. The molecule has 0 aliphatic carbocycles. The lowest BCUT2D eigenvalue weighted by molar-refractivity contribution is -0.121. The molecule has 2 aromatic heterocycles. The Labute approximate surface area is 168 Å². The van der Waals surface area contributed by atoms with Gasteiger partial charge < -0.3 is 15.3 Å². The van der Waals surface area contributed by atoms with Crippen LogP contribution in [0.3, 0.4) is 0 Å². The zero-order valence-electron chi connectivity index (χ0n) is 15.9. The number of amides is 1. The Bertz CT molecular complexity index is 1210. The fraction of sp³-hybridized carbons (Fsp3) is 0.0800. The third kappa shape index (κ3) is 3.19. The van der Waals surface area contributed by atoms with Gasteiger partial charge in [-0.05, 0) is 28.8 Å². The molecule has 1 amide bonds. The predicted octanol–water partition coefficient (Wildman–Crippen LogP) is 5.10. The van der Waals surface area contributed by atoms with Gasteiger partial charge in [-0.2, -0.15) is 0 Å². The maximum Gasteiger partial charge on any atom is 0.232 e. The predicted molar refractivity (Wildman–Crippen MR) is 117 cm³/mol. The highest BCUT2D eigenvalue weighted by molar-refractivity contribution is 5.98. The summed E-state index contributed by atoms with van der Waals surface area (Å²) in [7, 11) is 0. The largest absolute Gasteiger partial charge is 0.361 e. The van der Waals surface area contributed by atoms with Gasteiger partial charge in [0.15, 0.2) is 0 Å². The van der Waals surface area contributed by atoms with Crippen molar-refractivity contribution in [3.8, 4) is 0 Å². The molecule has 0 atom stereocenters. The van der Waals surface area contributed by atoms with Crippen molar-refractivity contribution in [2.24, 2.45) is 0 Å². The molecule has 4 nitrogen and oxygen atoms in total. The Balaban J connectivity index is 1.58. The standard InChI is InChI=1S/C25H21N3O/c29-25(28-14-17-8-2-1-3-9-17)24(20-15-26-22-12-6-4-10-18(20)22)21-16-27-23-13-7-5-11-19(21)23/h1-13,15-16,24,26-27H,14H2,(H,28,29). The van der Waals surface area contributed by atoms with Gasteiger partial charge in [-0.1, -0.05) is 66.7 Å². The Kier molecular flexibility index (Phi) is 4.37. The monoisotopic (exact) mass is 379 g/mol. The lowest BCUT2D eigenvalue weighted by Crippen LogP contribution is -2.29. The Morgan fingerprint density at radius 1 is 0.724 bits per heavy atom. The Morgan fingerprint density at radius 3 is 1.83 bits per heavy atom. The highest BCUT2D eigenvalue weighted by atomic mass is 16.1. The van der Waals surface area contributed by atoms with Crippen LogP contribution in [0.15, 0.2) is 91.3 Å². The van der Waals surface area contributed by atoms with Crippen molar-refractivity contribution in [3.05, 3.63) is 108 Å². The third-order valence-corrected chi connectivity index (χ3v) is 5.44. The van der Waals surface area contributed by atoms with Gasteiger partial charge in [-0.15, -0.1) is 0 Å². The molecule has 0 unspecified atom stereocenters. The van der Waals surface area contributed by atoms with Crippen LogP contribution >= 0.6 is 0 Å². The van der Waals surface area contributed by atoms with E-state index < -0.39 is 5.92 Å². The SMILES string of the molecule is O=C(NCc1ccccc1)C(c1c[nH]c2ccccc12)c1c[nH]c2ccccc12. The van der Waals surface area contributed by atoms with E-state index in [-0.39, 0.29) is 5.91 Å². The number of benzene rings is 3. The second kappa shape index (κ2) is 7.32. The van der Waals surface area contributed by atoms with Crippen LogP contribution in [0.4, 0.5) is 0 Å². The highest BCUT2D eigenvalue weighted by Gasteiger charge is 2.27. The summed E-state index contributed by atoms with van der Waals surface area (Å²) in [5, 5.41) is 5.27. The van der Waals surface area contributed by atoms with Crippen molar-refractivity contribution in [2.45, 2.75) is 12.5 Å². The first-order valence-corrected chi connectivity index (χ1v) is 9.75. The van der Waals surface area contributed by atoms with Crippen LogP contribution in [0.5, 0.6) is 0 Å². The van der Waals surface area contributed by atoms with Crippen molar-refractivity contribution in [1.82, 2.24) is 15.3 Å². The van der Waals surface area contributed by atoms with Crippen LogP contribution in [0.25, 0.3) is 21.8 Å². The minimum Gasteiger partial charge on any atom is -0.361 e. The lowest BCUT2D eigenvalue weighted by atomic mass is 9.89. The zero-order chi connectivity index (χ0) is 19.6. The molecule has 0 aliphatic heterocycles. The fourth-order valence-electron chi connectivity index (χ4n) is 4.00. The quantitative estimate of drug-likeness (QED) is 0.391. The van der Waals surface area contributed by atoms with Crippen LogP contribution in [0, 0.1) is 0 Å². The number of aromatic amines is 2. The molecule has 0 aliphatic rings. The van der Waals surface area contributed by atoms with E-state index in [0.717, 1.165) is 38.5 Å².